The molecule has 1 aliphatic heterocycles. The molecule has 1 amide bonds. The normalized spacial score (nSPS) is 15.1. The topological polar surface area (TPSA) is 102 Å². The van der Waals surface area contributed by atoms with Crippen molar-refractivity contribution in [2.24, 2.45) is 0 Å². The van der Waals surface area contributed by atoms with Gasteiger partial charge in [0.25, 0.3) is 5.69 Å². The highest BCUT2D eigenvalue weighted by Gasteiger charge is 2.26. The van der Waals surface area contributed by atoms with Gasteiger partial charge in [0.05, 0.1) is 11.0 Å². The highest BCUT2D eigenvalue weighted by molar-refractivity contribution is 5.95. The van der Waals surface area contributed by atoms with E-state index in [1.54, 1.807) is 30.9 Å². The quantitative estimate of drug-likeness (QED) is 0.497. The Morgan fingerprint density at radius 1 is 1.32 bits per heavy atom. The molecule has 0 aliphatic carbocycles. The fourth-order valence-electron chi connectivity index (χ4n) is 2.73. The number of amides is 1. The number of hydrogen-bond donors (Lipinski definition) is 1. The van der Waals surface area contributed by atoms with Gasteiger partial charge in [-0.1, -0.05) is 0 Å². The number of nitrogens with one attached hydrogen (secondary N) is 1. The van der Waals surface area contributed by atoms with Gasteiger partial charge in [0.15, 0.2) is 5.78 Å². The third-order valence-electron chi connectivity index (χ3n) is 4.05. The van der Waals surface area contributed by atoms with Gasteiger partial charge in [-0.3, -0.25) is 14.9 Å². The second-order valence-corrected chi connectivity index (χ2v) is 6.38. The van der Waals surface area contributed by atoms with Crippen LogP contribution in [0.5, 0.6) is 0 Å². The number of nitro groups is 1. The molecule has 1 saturated heterocycles. The zero-order valence-electron chi connectivity index (χ0n) is 14.7. The van der Waals surface area contributed by atoms with Gasteiger partial charge in [-0.25, -0.2) is 4.79 Å². The van der Waals surface area contributed by atoms with Crippen LogP contribution < -0.4 is 5.32 Å². The molecule has 0 aromatic heterocycles. The molecule has 0 spiro atoms. The Morgan fingerprint density at radius 2 is 1.96 bits per heavy atom. The van der Waals surface area contributed by atoms with E-state index in [2.05, 4.69) is 5.32 Å². The molecule has 2 rings (SSSR count). The number of nitro benzene ring substituents is 1. The van der Waals surface area contributed by atoms with Gasteiger partial charge in [0.1, 0.15) is 5.69 Å². The van der Waals surface area contributed by atoms with Crippen LogP contribution in [0.4, 0.5) is 16.2 Å². The van der Waals surface area contributed by atoms with Gasteiger partial charge in [0.2, 0.25) is 0 Å². The number of ketones is 1. The summed E-state index contributed by atoms with van der Waals surface area (Å²) in [5.41, 5.74) is 0.580. The predicted octanol–water partition coefficient (Wildman–Crippen LogP) is 3.22. The third kappa shape index (κ3) is 4.91. The minimum Gasteiger partial charge on any atom is -0.447 e. The number of carbonyl (C=O) groups is 2. The monoisotopic (exact) mass is 349 g/mol. The lowest BCUT2D eigenvalue weighted by Gasteiger charge is -2.32. The molecule has 0 unspecified atom stereocenters. The highest BCUT2D eigenvalue weighted by Crippen LogP contribution is 2.28. The van der Waals surface area contributed by atoms with E-state index in [1.807, 2.05) is 0 Å². The van der Waals surface area contributed by atoms with E-state index in [-0.39, 0.29) is 29.7 Å². The molecule has 1 N–H and O–H groups in total. The Hall–Kier alpha value is -2.64. The van der Waals surface area contributed by atoms with Gasteiger partial charge in [-0.05, 0) is 45.7 Å². The van der Waals surface area contributed by atoms with E-state index in [0.717, 1.165) is 0 Å². The summed E-state index contributed by atoms with van der Waals surface area (Å²) in [6, 6.07) is 4.45. The number of piperidine rings is 1. The zero-order valence-corrected chi connectivity index (χ0v) is 14.7. The van der Waals surface area contributed by atoms with Crippen molar-refractivity contribution in [3.8, 4) is 0 Å². The van der Waals surface area contributed by atoms with E-state index in [4.69, 9.17) is 4.74 Å². The lowest BCUT2D eigenvalue weighted by atomic mass is 10.0. The van der Waals surface area contributed by atoms with Gasteiger partial charge >= 0.3 is 6.09 Å². The lowest BCUT2D eigenvalue weighted by Crippen LogP contribution is -2.43. The number of anilines is 1. The van der Waals surface area contributed by atoms with Gasteiger partial charge < -0.3 is 15.0 Å². The molecule has 8 nitrogen and oxygen atoms in total. The summed E-state index contributed by atoms with van der Waals surface area (Å²) in [6.45, 7) is 6.04. The van der Waals surface area contributed by atoms with Crippen molar-refractivity contribution in [3.05, 3.63) is 33.9 Å². The van der Waals surface area contributed by atoms with E-state index in [0.29, 0.717) is 37.2 Å². The maximum atomic E-state index is 11.9. The lowest BCUT2D eigenvalue weighted by molar-refractivity contribution is -0.384. The molecular formula is C17H23N3O5. The SMILES string of the molecule is CC(=O)c1ccc(NC2CCN(C(=O)OC(C)C)CC2)c([N+](=O)[O-])c1. The number of rotatable bonds is 5. The highest BCUT2D eigenvalue weighted by atomic mass is 16.6. The number of nitrogens with zero attached hydrogens (tertiary/aromatic N) is 2. The maximum Gasteiger partial charge on any atom is 0.410 e. The minimum atomic E-state index is -0.496. The molecule has 8 heteroatoms. The van der Waals surface area contributed by atoms with Crippen LogP contribution in [0, 0.1) is 10.1 Å². The summed E-state index contributed by atoms with van der Waals surface area (Å²) in [7, 11) is 0. The number of likely N-dealkylation sites (tertiary alicyclic amines) is 1. The predicted molar refractivity (Wildman–Crippen MR) is 92.9 cm³/mol. The smallest absolute Gasteiger partial charge is 0.410 e. The first-order valence-corrected chi connectivity index (χ1v) is 8.29. The van der Waals surface area contributed by atoms with Gasteiger partial charge in [-0.15, -0.1) is 0 Å². The summed E-state index contributed by atoms with van der Waals surface area (Å²) in [4.78, 5) is 35.7. The van der Waals surface area contributed by atoms with Crippen LogP contribution in [0.1, 0.15) is 44.0 Å². The van der Waals surface area contributed by atoms with Crippen LogP contribution in [0.3, 0.4) is 0 Å². The Bertz CT molecular complexity index is 666. The fourth-order valence-corrected chi connectivity index (χ4v) is 2.73. The van der Waals surface area contributed by atoms with E-state index in [1.165, 1.54) is 13.0 Å². The van der Waals surface area contributed by atoms with Crippen molar-refractivity contribution < 1.29 is 19.2 Å². The van der Waals surface area contributed by atoms with E-state index in [9.17, 15) is 19.7 Å². The molecule has 1 aromatic carbocycles. The second-order valence-electron chi connectivity index (χ2n) is 6.38. The molecule has 136 valence electrons. The van der Waals surface area contributed by atoms with E-state index < -0.39 is 4.92 Å². The van der Waals surface area contributed by atoms with Crippen molar-refractivity contribution >= 4 is 23.3 Å². The summed E-state index contributed by atoms with van der Waals surface area (Å²) in [5, 5.41) is 14.4. The average Bonchev–Trinajstić information content (AvgIpc) is 2.54. The first-order valence-electron chi connectivity index (χ1n) is 8.29. The first-order chi connectivity index (χ1) is 11.8. The molecule has 0 radical (unpaired) electrons. The molecule has 0 atom stereocenters. The summed E-state index contributed by atoms with van der Waals surface area (Å²) >= 11 is 0. The van der Waals surface area contributed by atoms with E-state index >= 15 is 0 Å². The number of hydrogen-bond acceptors (Lipinski definition) is 6. The number of carbonyl (C=O) groups excluding carboxylic acids is 2. The van der Waals surface area contributed by atoms with Crippen LogP contribution in [-0.2, 0) is 4.74 Å². The first kappa shape index (κ1) is 18.7. The molecular weight excluding hydrogens is 326 g/mol. The third-order valence-corrected chi connectivity index (χ3v) is 4.05. The van der Waals surface area contributed by atoms with Crippen LogP contribution in [-0.4, -0.2) is 46.9 Å². The van der Waals surface area contributed by atoms with Crippen LogP contribution in [0.2, 0.25) is 0 Å². The number of benzene rings is 1. The molecule has 0 saturated carbocycles. The molecule has 1 heterocycles. The van der Waals surface area contributed by atoms with Gasteiger partial charge in [-0.2, -0.15) is 0 Å². The fraction of sp³-hybridized carbons (Fsp3) is 0.529. The maximum absolute atomic E-state index is 11.9. The molecule has 1 fully saturated rings. The van der Waals surface area contributed by atoms with Crippen molar-refractivity contribution in [1.82, 2.24) is 4.90 Å². The largest absolute Gasteiger partial charge is 0.447 e. The molecule has 0 bridgehead atoms. The van der Waals surface area contributed by atoms with Crippen LogP contribution >= 0.6 is 0 Å². The van der Waals surface area contributed by atoms with Crippen molar-refractivity contribution in [1.29, 1.82) is 0 Å². The average molecular weight is 349 g/mol. The summed E-state index contributed by atoms with van der Waals surface area (Å²) in [5.74, 6) is -0.216. The Kier molecular flexibility index (Phi) is 5.95. The zero-order chi connectivity index (χ0) is 18.6. The number of ether oxygens (including phenoxy) is 1. The van der Waals surface area contributed by atoms with Crippen LogP contribution in [0.15, 0.2) is 18.2 Å². The van der Waals surface area contributed by atoms with Crippen LogP contribution in [0.25, 0.3) is 0 Å². The van der Waals surface area contributed by atoms with Crippen molar-refractivity contribution in [2.45, 2.75) is 45.8 Å². The molecule has 1 aromatic rings. The Balaban J connectivity index is 2.01. The Labute approximate surface area is 146 Å². The summed E-state index contributed by atoms with van der Waals surface area (Å²) < 4.78 is 5.17. The molecule has 1 aliphatic rings. The minimum absolute atomic E-state index is 0.0185. The number of Topliss-reactive ketones (excluding diaryl/α,β-unsaturated/α-hetero) is 1. The van der Waals surface area contributed by atoms with Crippen molar-refractivity contribution in [3.63, 3.8) is 0 Å². The Morgan fingerprint density at radius 3 is 2.48 bits per heavy atom. The second kappa shape index (κ2) is 7.96. The molecule has 25 heavy (non-hydrogen) atoms. The summed E-state index contributed by atoms with van der Waals surface area (Å²) in [6.07, 6.45) is 0.841. The standard InChI is InChI=1S/C17H23N3O5/c1-11(2)25-17(22)19-8-6-14(7-9-19)18-15-5-4-13(12(3)21)10-16(15)20(23)24/h4-5,10-11,14,18H,6-9H2,1-3H3. The van der Waals surface area contributed by atoms with Crippen molar-refractivity contribution in [2.75, 3.05) is 18.4 Å². The van der Waals surface area contributed by atoms with Gasteiger partial charge in [0, 0.05) is 30.8 Å².